The first-order chi connectivity index (χ1) is 7.09. The molecule has 17 heavy (non-hydrogen) atoms. The van der Waals surface area contributed by atoms with Gasteiger partial charge in [-0.05, 0) is 6.42 Å². The second kappa shape index (κ2) is 16.3. The van der Waals surface area contributed by atoms with Crippen LogP contribution in [0.4, 0.5) is 0 Å². The van der Waals surface area contributed by atoms with Gasteiger partial charge in [-0.3, -0.25) is 0 Å². The zero-order valence-electron chi connectivity index (χ0n) is 11.2. The smallest absolute Gasteiger partial charge is 0.549 e. The second-order valence-electron chi connectivity index (χ2n) is 3.75. The van der Waals surface area contributed by atoms with Crippen LogP contribution in [-0.2, 0) is 9.59 Å². The minimum Gasteiger partial charge on any atom is -0.549 e. The van der Waals surface area contributed by atoms with E-state index in [4.69, 9.17) is 0 Å². The van der Waals surface area contributed by atoms with Crippen molar-refractivity contribution < 1.29 is 123 Å². The average molecular weight is 292 g/mol. The minimum absolute atomic E-state index is 0. The van der Waals surface area contributed by atoms with Crippen LogP contribution in [-0.4, -0.2) is 11.9 Å². The number of aliphatic carboxylic acids is 2. The second-order valence-corrected chi connectivity index (χ2v) is 3.75. The van der Waals surface area contributed by atoms with Crippen LogP contribution in [0.2, 0.25) is 0 Å². The Morgan fingerprint density at radius 3 is 1.71 bits per heavy atom. The van der Waals surface area contributed by atoms with Crippen molar-refractivity contribution >= 4 is 11.9 Å². The Balaban J connectivity index is -0.000000980. The molecule has 0 saturated carbocycles. The molecule has 0 aliphatic carbocycles. The van der Waals surface area contributed by atoms with E-state index in [1.165, 1.54) is 6.42 Å². The Kier molecular flexibility index (Phi) is 23.2. The molecule has 0 unspecified atom stereocenters. The first kappa shape index (κ1) is 24.2. The summed E-state index contributed by atoms with van der Waals surface area (Å²) >= 11 is 0. The molecule has 0 saturated heterocycles. The SMILES string of the molecule is CCCCCCCCC(C(=O)[O-])C(=O)[O-].[K+].[K+]. The van der Waals surface area contributed by atoms with E-state index >= 15 is 0 Å². The van der Waals surface area contributed by atoms with E-state index in [2.05, 4.69) is 6.92 Å². The third-order valence-electron chi connectivity index (χ3n) is 2.42. The normalized spacial score (nSPS) is 9.29. The van der Waals surface area contributed by atoms with Crippen LogP contribution in [0.25, 0.3) is 0 Å². The Hall–Kier alpha value is 2.21. The maximum absolute atomic E-state index is 10.4. The molecule has 0 rings (SSSR count). The number of carbonyl (C=O) groups excluding carboxylic acids is 2. The fraction of sp³-hybridized carbons (Fsp3) is 0.818. The number of carboxylic acid groups (broad SMARTS) is 2. The van der Waals surface area contributed by atoms with Gasteiger partial charge < -0.3 is 19.8 Å². The molecule has 0 aliphatic heterocycles. The fourth-order valence-electron chi connectivity index (χ4n) is 1.46. The molecule has 0 N–H and O–H groups in total. The molecule has 0 fully saturated rings. The molecule has 4 nitrogen and oxygen atoms in total. The predicted octanol–water partition coefficient (Wildman–Crippen LogP) is -6.14. The predicted molar refractivity (Wildman–Crippen MR) is 51.5 cm³/mol. The van der Waals surface area contributed by atoms with Crippen molar-refractivity contribution in [1.29, 1.82) is 0 Å². The van der Waals surface area contributed by atoms with Crippen molar-refractivity contribution in [3.05, 3.63) is 0 Å². The number of hydrogen-bond acceptors (Lipinski definition) is 4. The topological polar surface area (TPSA) is 80.3 Å². The Bertz CT molecular complexity index is 196. The van der Waals surface area contributed by atoms with Gasteiger partial charge >= 0.3 is 103 Å². The summed E-state index contributed by atoms with van der Waals surface area (Å²) in [5.74, 6) is -4.52. The fourth-order valence-corrected chi connectivity index (χ4v) is 1.46. The molecule has 0 radical (unpaired) electrons. The Morgan fingerprint density at radius 2 is 1.29 bits per heavy atom. The summed E-state index contributed by atoms with van der Waals surface area (Å²) in [7, 11) is 0. The molecule has 0 bridgehead atoms. The summed E-state index contributed by atoms with van der Waals surface area (Å²) in [6.45, 7) is 2.11. The summed E-state index contributed by atoms with van der Waals surface area (Å²) in [6, 6.07) is 0. The van der Waals surface area contributed by atoms with E-state index in [1.807, 2.05) is 0 Å². The van der Waals surface area contributed by atoms with Gasteiger partial charge in [-0.15, -0.1) is 0 Å². The quantitative estimate of drug-likeness (QED) is 0.241. The maximum Gasteiger partial charge on any atom is 1.00 e. The molecule has 0 aromatic heterocycles. The van der Waals surface area contributed by atoms with Gasteiger partial charge in [-0.25, -0.2) is 0 Å². The monoisotopic (exact) mass is 292 g/mol. The molecule has 88 valence electrons. The number of rotatable bonds is 9. The summed E-state index contributed by atoms with van der Waals surface area (Å²) in [6.07, 6.45) is 6.08. The van der Waals surface area contributed by atoms with Gasteiger partial charge in [0.2, 0.25) is 0 Å². The van der Waals surface area contributed by atoms with Gasteiger partial charge in [0.25, 0.3) is 0 Å². The third kappa shape index (κ3) is 14.4. The van der Waals surface area contributed by atoms with E-state index in [0.717, 1.165) is 25.7 Å². The van der Waals surface area contributed by atoms with Gasteiger partial charge in [-0.1, -0.05) is 45.4 Å². The molecule has 0 aromatic carbocycles. The standard InChI is InChI=1S/C11H20O4.2K/c1-2-3-4-5-6-7-8-9(10(12)13)11(14)15;;/h9H,2-8H2,1H3,(H,12,13)(H,14,15);;/q;2*+1/p-2. The number of carboxylic acids is 2. The van der Waals surface area contributed by atoms with Gasteiger partial charge in [0.15, 0.2) is 0 Å². The van der Waals surface area contributed by atoms with Gasteiger partial charge in [-0.2, -0.15) is 0 Å². The molecule has 0 aromatic rings. The average Bonchev–Trinajstić information content (AvgIpc) is 2.15. The largest absolute Gasteiger partial charge is 1.00 e. The maximum atomic E-state index is 10.4. The van der Waals surface area contributed by atoms with Crippen molar-refractivity contribution in [3.63, 3.8) is 0 Å². The van der Waals surface area contributed by atoms with E-state index < -0.39 is 17.9 Å². The van der Waals surface area contributed by atoms with Crippen molar-refractivity contribution in [1.82, 2.24) is 0 Å². The molecular weight excluding hydrogens is 274 g/mol. The van der Waals surface area contributed by atoms with Crippen molar-refractivity contribution in [3.8, 4) is 0 Å². The molecule has 0 aliphatic rings. The summed E-state index contributed by atoms with van der Waals surface area (Å²) in [4.78, 5) is 20.8. The molecule has 0 spiro atoms. The minimum atomic E-state index is -1.54. The zero-order chi connectivity index (χ0) is 11.7. The third-order valence-corrected chi connectivity index (χ3v) is 2.42. The van der Waals surface area contributed by atoms with Crippen LogP contribution in [0.5, 0.6) is 0 Å². The van der Waals surface area contributed by atoms with E-state index in [9.17, 15) is 19.8 Å². The van der Waals surface area contributed by atoms with Crippen LogP contribution < -0.4 is 113 Å². The molecule has 0 atom stereocenters. The number of carbonyl (C=O) groups is 2. The molecule has 0 heterocycles. The van der Waals surface area contributed by atoms with E-state index in [1.54, 1.807) is 0 Å². The van der Waals surface area contributed by atoms with Crippen LogP contribution in [0.1, 0.15) is 51.9 Å². The van der Waals surface area contributed by atoms with Gasteiger partial charge in [0.1, 0.15) is 0 Å². The number of hydrogen-bond donors (Lipinski definition) is 0. The summed E-state index contributed by atoms with van der Waals surface area (Å²) in [5, 5.41) is 20.8. The number of unbranched alkanes of at least 4 members (excludes halogenated alkanes) is 5. The van der Waals surface area contributed by atoms with Crippen LogP contribution in [0.3, 0.4) is 0 Å². The molecule has 0 amide bonds. The van der Waals surface area contributed by atoms with Gasteiger partial charge in [0, 0.05) is 5.92 Å². The summed E-state index contributed by atoms with van der Waals surface area (Å²) in [5.41, 5.74) is 0. The van der Waals surface area contributed by atoms with Gasteiger partial charge in [0.05, 0.1) is 11.9 Å². The van der Waals surface area contributed by atoms with Crippen LogP contribution in [0.15, 0.2) is 0 Å². The van der Waals surface area contributed by atoms with Crippen LogP contribution >= 0.6 is 0 Å². The molecule has 6 heteroatoms. The summed E-state index contributed by atoms with van der Waals surface area (Å²) < 4.78 is 0. The Labute approximate surface area is 188 Å². The van der Waals surface area contributed by atoms with E-state index in [0.29, 0.717) is 6.42 Å². The van der Waals surface area contributed by atoms with Crippen molar-refractivity contribution in [2.45, 2.75) is 51.9 Å². The molecular formula is C11H18K2O4. The van der Waals surface area contributed by atoms with E-state index in [-0.39, 0.29) is 109 Å². The first-order valence-electron chi connectivity index (χ1n) is 5.51. The van der Waals surface area contributed by atoms with Crippen molar-refractivity contribution in [2.24, 2.45) is 5.92 Å². The van der Waals surface area contributed by atoms with Crippen molar-refractivity contribution in [2.75, 3.05) is 0 Å². The Morgan fingerprint density at radius 1 is 0.882 bits per heavy atom. The van der Waals surface area contributed by atoms with Crippen LogP contribution in [0, 0.1) is 5.92 Å². The zero-order valence-corrected chi connectivity index (χ0v) is 17.4. The first-order valence-corrected chi connectivity index (χ1v) is 5.51.